The summed E-state index contributed by atoms with van der Waals surface area (Å²) in [7, 11) is 0. The zero-order valence-corrected chi connectivity index (χ0v) is 15.0. The maximum atomic E-state index is 13.3. The van der Waals surface area contributed by atoms with Gasteiger partial charge in [-0.05, 0) is 36.2 Å². The molecule has 0 fully saturated rings. The van der Waals surface area contributed by atoms with Gasteiger partial charge < -0.3 is 5.11 Å². The SMILES string of the molecule is CCc1nn(-c2cccc(O)c2)c2ncnc(N/N=C/c3cccc(F)c3)c12. The van der Waals surface area contributed by atoms with Gasteiger partial charge in [-0.15, -0.1) is 0 Å². The van der Waals surface area contributed by atoms with Gasteiger partial charge in [0, 0.05) is 6.07 Å². The average molecular weight is 376 g/mol. The molecule has 0 aliphatic carbocycles. The molecule has 28 heavy (non-hydrogen) atoms. The van der Waals surface area contributed by atoms with Crippen LogP contribution < -0.4 is 5.43 Å². The molecule has 0 aliphatic heterocycles. The van der Waals surface area contributed by atoms with Crippen LogP contribution in [-0.2, 0) is 6.42 Å². The molecule has 0 unspecified atom stereocenters. The molecule has 0 bridgehead atoms. The molecule has 0 saturated heterocycles. The first-order chi connectivity index (χ1) is 13.7. The molecule has 0 radical (unpaired) electrons. The van der Waals surface area contributed by atoms with Crippen molar-refractivity contribution < 1.29 is 9.50 Å². The van der Waals surface area contributed by atoms with Crippen molar-refractivity contribution in [3.05, 3.63) is 71.9 Å². The highest BCUT2D eigenvalue weighted by Gasteiger charge is 2.16. The van der Waals surface area contributed by atoms with Gasteiger partial charge in [0.2, 0.25) is 0 Å². The number of fused-ring (bicyclic) bond motifs is 1. The summed E-state index contributed by atoms with van der Waals surface area (Å²) in [4.78, 5) is 8.64. The van der Waals surface area contributed by atoms with Gasteiger partial charge >= 0.3 is 0 Å². The Morgan fingerprint density at radius 2 is 2.04 bits per heavy atom. The van der Waals surface area contributed by atoms with Crippen molar-refractivity contribution in [3.63, 3.8) is 0 Å². The first-order valence-electron chi connectivity index (χ1n) is 8.72. The van der Waals surface area contributed by atoms with Crippen molar-refractivity contribution in [3.8, 4) is 11.4 Å². The van der Waals surface area contributed by atoms with E-state index < -0.39 is 0 Å². The minimum atomic E-state index is -0.325. The Balaban J connectivity index is 1.73. The minimum Gasteiger partial charge on any atom is -0.508 e. The molecule has 140 valence electrons. The monoisotopic (exact) mass is 376 g/mol. The Morgan fingerprint density at radius 3 is 2.82 bits per heavy atom. The van der Waals surface area contributed by atoms with Crippen molar-refractivity contribution >= 4 is 23.1 Å². The number of aromatic hydroxyl groups is 1. The molecule has 0 aliphatic rings. The maximum absolute atomic E-state index is 13.3. The number of aromatic nitrogens is 4. The van der Waals surface area contributed by atoms with Crippen LogP contribution in [0.4, 0.5) is 10.2 Å². The first-order valence-corrected chi connectivity index (χ1v) is 8.72. The third-order valence-corrected chi connectivity index (χ3v) is 4.18. The largest absolute Gasteiger partial charge is 0.508 e. The molecule has 2 heterocycles. The van der Waals surface area contributed by atoms with E-state index in [9.17, 15) is 9.50 Å². The molecule has 0 amide bonds. The number of halogens is 1. The second-order valence-electron chi connectivity index (χ2n) is 6.08. The fraction of sp³-hybridized carbons (Fsp3) is 0.100. The molecular weight excluding hydrogens is 359 g/mol. The fourth-order valence-corrected chi connectivity index (χ4v) is 2.91. The summed E-state index contributed by atoms with van der Waals surface area (Å²) in [5.41, 5.74) is 5.61. The molecule has 4 aromatic rings. The van der Waals surface area contributed by atoms with Gasteiger partial charge in [0.25, 0.3) is 0 Å². The number of nitrogens with one attached hydrogen (secondary N) is 1. The number of nitrogens with zero attached hydrogens (tertiary/aromatic N) is 5. The zero-order chi connectivity index (χ0) is 19.5. The van der Waals surface area contributed by atoms with Gasteiger partial charge in [-0.25, -0.2) is 19.0 Å². The van der Waals surface area contributed by atoms with Crippen LogP contribution in [0.15, 0.2) is 60.0 Å². The van der Waals surface area contributed by atoms with E-state index in [0.717, 1.165) is 11.1 Å². The van der Waals surface area contributed by atoms with E-state index in [4.69, 9.17) is 0 Å². The van der Waals surface area contributed by atoms with Gasteiger partial charge in [-0.1, -0.05) is 25.1 Å². The van der Waals surface area contributed by atoms with Crippen LogP contribution in [-0.4, -0.2) is 31.1 Å². The number of phenolic OH excluding ortho intramolecular Hbond substituents is 1. The van der Waals surface area contributed by atoms with Crippen molar-refractivity contribution in [1.82, 2.24) is 19.7 Å². The lowest BCUT2D eigenvalue weighted by atomic mass is 10.2. The van der Waals surface area contributed by atoms with E-state index in [1.807, 2.05) is 13.0 Å². The van der Waals surface area contributed by atoms with Crippen molar-refractivity contribution in [2.24, 2.45) is 5.10 Å². The quantitative estimate of drug-likeness (QED) is 0.410. The topological polar surface area (TPSA) is 88.2 Å². The number of phenols is 1. The van der Waals surface area contributed by atoms with E-state index in [0.29, 0.717) is 29.1 Å². The van der Waals surface area contributed by atoms with Crippen LogP contribution in [0.1, 0.15) is 18.2 Å². The molecule has 0 atom stereocenters. The predicted octanol–water partition coefficient (Wildman–Crippen LogP) is 3.67. The molecule has 2 aromatic heterocycles. The number of rotatable bonds is 5. The Morgan fingerprint density at radius 1 is 1.18 bits per heavy atom. The second-order valence-corrected chi connectivity index (χ2v) is 6.08. The Kier molecular flexibility index (Phi) is 4.67. The van der Waals surface area contributed by atoms with E-state index in [2.05, 4.69) is 25.6 Å². The van der Waals surface area contributed by atoms with Gasteiger partial charge in [0.15, 0.2) is 11.5 Å². The van der Waals surface area contributed by atoms with Crippen LogP contribution in [0.2, 0.25) is 0 Å². The van der Waals surface area contributed by atoms with Gasteiger partial charge in [-0.2, -0.15) is 10.2 Å². The number of anilines is 1. The van der Waals surface area contributed by atoms with Crippen LogP contribution in [0, 0.1) is 5.82 Å². The molecule has 0 saturated carbocycles. The van der Waals surface area contributed by atoms with Gasteiger partial charge in [-0.3, -0.25) is 5.43 Å². The molecule has 8 heteroatoms. The normalized spacial score (nSPS) is 11.4. The lowest BCUT2D eigenvalue weighted by Crippen LogP contribution is -1.99. The first kappa shape index (κ1) is 17.6. The van der Waals surface area contributed by atoms with Crippen molar-refractivity contribution in [1.29, 1.82) is 0 Å². The highest BCUT2D eigenvalue weighted by Crippen LogP contribution is 2.27. The smallest absolute Gasteiger partial charge is 0.168 e. The third kappa shape index (κ3) is 3.39. The molecule has 0 spiro atoms. The number of hydrogen-bond acceptors (Lipinski definition) is 6. The van der Waals surface area contributed by atoms with E-state index >= 15 is 0 Å². The summed E-state index contributed by atoms with van der Waals surface area (Å²) in [5, 5.41) is 19.3. The summed E-state index contributed by atoms with van der Waals surface area (Å²) in [5.74, 6) is 0.321. The summed E-state index contributed by atoms with van der Waals surface area (Å²) < 4.78 is 14.9. The number of benzene rings is 2. The molecular formula is C20H17FN6O. The predicted molar refractivity (Wildman–Crippen MR) is 105 cm³/mol. The molecule has 2 N–H and O–H groups in total. The van der Waals surface area contributed by atoms with Crippen molar-refractivity contribution in [2.75, 3.05) is 5.43 Å². The van der Waals surface area contributed by atoms with Crippen molar-refractivity contribution in [2.45, 2.75) is 13.3 Å². The third-order valence-electron chi connectivity index (χ3n) is 4.18. The number of hydrazone groups is 1. The van der Waals surface area contributed by atoms with Crippen LogP contribution in [0.25, 0.3) is 16.7 Å². The Hall–Kier alpha value is -3.81. The molecule has 2 aromatic carbocycles. The van der Waals surface area contributed by atoms with Crippen LogP contribution in [0.5, 0.6) is 5.75 Å². The second kappa shape index (κ2) is 7.43. The van der Waals surface area contributed by atoms with E-state index in [1.165, 1.54) is 24.7 Å². The summed E-state index contributed by atoms with van der Waals surface area (Å²) in [6.45, 7) is 1.99. The molecule has 7 nitrogen and oxygen atoms in total. The number of aryl methyl sites for hydroxylation is 1. The highest BCUT2D eigenvalue weighted by atomic mass is 19.1. The minimum absolute atomic E-state index is 0.145. The lowest BCUT2D eigenvalue weighted by molar-refractivity contribution is 0.475. The standard InChI is InChI=1S/C20H17FN6O/c1-2-17-18-19(25-24-11-13-5-3-6-14(21)9-13)22-12-23-20(18)27(26-17)15-7-4-8-16(28)10-15/h3-12,28H,2H2,1H3,(H,22,23,25)/b24-11+. The summed E-state index contributed by atoms with van der Waals surface area (Å²) >= 11 is 0. The Labute approximate surface area is 160 Å². The van der Waals surface area contributed by atoms with Gasteiger partial charge in [0.05, 0.1) is 23.0 Å². The summed E-state index contributed by atoms with van der Waals surface area (Å²) in [6, 6.07) is 12.9. The Bertz CT molecular complexity index is 1170. The highest BCUT2D eigenvalue weighted by molar-refractivity contribution is 5.91. The molecule has 4 rings (SSSR count). The average Bonchev–Trinajstić information content (AvgIpc) is 3.08. The zero-order valence-electron chi connectivity index (χ0n) is 15.0. The van der Waals surface area contributed by atoms with E-state index in [1.54, 1.807) is 35.0 Å². The van der Waals surface area contributed by atoms with Gasteiger partial charge in [0.1, 0.15) is 17.9 Å². The van der Waals surface area contributed by atoms with E-state index in [-0.39, 0.29) is 11.6 Å². The lowest BCUT2D eigenvalue weighted by Gasteiger charge is -2.04. The van der Waals surface area contributed by atoms with Crippen LogP contribution >= 0.6 is 0 Å². The summed E-state index contributed by atoms with van der Waals surface area (Å²) in [6.07, 6.45) is 3.60. The fourth-order valence-electron chi connectivity index (χ4n) is 2.91. The number of hydrogen-bond donors (Lipinski definition) is 2. The van der Waals surface area contributed by atoms with Crippen LogP contribution in [0.3, 0.4) is 0 Å². The maximum Gasteiger partial charge on any atom is 0.168 e.